The van der Waals surface area contributed by atoms with E-state index in [2.05, 4.69) is 33.8 Å². The second kappa shape index (κ2) is 7.78. The molecule has 1 N–H and O–H groups in total. The van der Waals surface area contributed by atoms with Gasteiger partial charge in [-0.2, -0.15) is 5.10 Å². The number of aromatic nitrogens is 4. The van der Waals surface area contributed by atoms with Gasteiger partial charge in [0.15, 0.2) is 5.69 Å². The van der Waals surface area contributed by atoms with Crippen LogP contribution in [-0.2, 0) is 6.54 Å². The number of amides is 1. The number of hydrogen-bond donors (Lipinski definition) is 1. The zero-order valence-electron chi connectivity index (χ0n) is 16.5. The molecule has 4 aromatic rings. The van der Waals surface area contributed by atoms with Gasteiger partial charge in [0.05, 0.1) is 28.2 Å². The predicted octanol–water partition coefficient (Wildman–Crippen LogP) is 3.64. The lowest BCUT2D eigenvalue weighted by atomic mass is 10.3. The summed E-state index contributed by atoms with van der Waals surface area (Å²) in [6, 6.07) is 15.7. The molecule has 2 aromatic heterocycles. The molecule has 2 heterocycles. The number of hydrogen-bond acceptors (Lipinski definition) is 5. The summed E-state index contributed by atoms with van der Waals surface area (Å²) in [5.41, 5.74) is 2.58. The number of imidazole rings is 1. The fourth-order valence-corrected chi connectivity index (χ4v) is 3.38. The van der Waals surface area contributed by atoms with Crippen LogP contribution in [0.3, 0.4) is 0 Å². The van der Waals surface area contributed by atoms with Gasteiger partial charge < -0.3 is 9.88 Å². The fraction of sp³-hybridized carbons (Fsp3) is 0.190. The van der Waals surface area contributed by atoms with Crippen LogP contribution in [0.25, 0.3) is 16.7 Å². The maximum absolute atomic E-state index is 12.6. The first-order chi connectivity index (χ1) is 14.4. The Morgan fingerprint density at radius 1 is 1.17 bits per heavy atom. The Morgan fingerprint density at radius 2 is 1.97 bits per heavy atom. The molecule has 0 spiro atoms. The lowest BCUT2D eigenvalue weighted by Gasteiger charge is -2.13. The third-order valence-electron chi connectivity index (χ3n) is 4.72. The van der Waals surface area contributed by atoms with E-state index in [-0.39, 0.29) is 29.9 Å². The predicted molar refractivity (Wildman–Crippen MR) is 112 cm³/mol. The fourth-order valence-electron chi connectivity index (χ4n) is 3.38. The number of rotatable bonds is 6. The van der Waals surface area contributed by atoms with E-state index in [9.17, 15) is 14.9 Å². The third kappa shape index (κ3) is 3.64. The van der Waals surface area contributed by atoms with Crippen LogP contribution in [0.1, 0.15) is 36.2 Å². The molecule has 0 saturated heterocycles. The maximum Gasteiger partial charge on any atom is 0.272 e. The first kappa shape index (κ1) is 19.3. The Kier molecular flexibility index (Phi) is 5.01. The number of nitrogens with one attached hydrogen (secondary N) is 1. The number of nitro groups is 1. The van der Waals surface area contributed by atoms with E-state index >= 15 is 0 Å². The Hall–Kier alpha value is -4.01. The molecule has 0 aliphatic carbocycles. The van der Waals surface area contributed by atoms with Crippen molar-refractivity contribution < 1.29 is 9.72 Å². The highest BCUT2D eigenvalue weighted by Crippen LogP contribution is 2.21. The van der Waals surface area contributed by atoms with Crippen molar-refractivity contribution >= 4 is 22.6 Å². The summed E-state index contributed by atoms with van der Waals surface area (Å²) in [7, 11) is 0. The highest BCUT2D eigenvalue weighted by Gasteiger charge is 2.16. The van der Waals surface area contributed by atoms with Crippen LogP contribution in [-0.4, -0.2) is 30.2 Å². The molecular weight excluding hydrogens is 384 g/mol. The summed E-state index contributed by atoms with van der Waals surface area (Å²) in [6.07, 6.45) is 1.59. The van der Waals surface area contributed by atoms with E-state index in [4.69, 9.17) is 0 Å². The van der Waals surface area contributed by atoms with Crippen LogP contribution in [0.2, 0.25) is 0 Å². The van der Waals surface area contributed by atoms with Gasteiger partial charge in [-0.05, 0) is 38.1 Å². The van der Waals surface area contributed by atoms with Gasteiger partial charge in [0.25, 0.3) is 11.6 Å². The highest BCUT2D eigenvalue weighted by atomic mass is 16.6. The van der Waals surface area contributed by atoms with E-state index in [1.807, 2.05) is 24.3 Å². The largest absolute Gasteiger partial charge is 0.343 e. The van der Waals surface area contributed by atoms with Crippen molar-refractivity contribution in [2.24, 2.45) is 0 Å². The van der Waals surface area contributed by atoms with Crippen LogP contribution < -0.4 is 5.32 Å². The Morgan fingerprint density at radius 3 is 2.73 bits per heavy atom. The van der Waals surface area contributed by atoms with Crippen molar-refractivity contribution in [3.8, 4) is 5.69 Å². The molecule has 1 amide bonds. The van der Waals surface area contributed by atoms with Crippen LogP contribution >= 0.6 is 0 Å². The average molecular weight is 404 g/mol. The molecule has 0 atom stereocenters. The molecule has 9 nitrogen and oxygen atoms in total. The van der Waals surface area contributed by atoms with Gasteiger partial charge in [0.2, 0.25) is 0 Å². The molecule has 0 unspecified atom stereocenters. The molecule has 2 aromatic carbocycles. The summed E-state index contributed by atoms with van der Waals surface area (Å²) in [5.74, 6) is 0.416. The smallest absolute Gasteiger partial charge is 0.272 e. The highest BCUT2D eigenvalue weighted by molar-refractivity contribution is 5.92. The molecule has 0 aliphatic heterocycles. The molecular formula is C21H20N6O3. The second-order valence-corrected chi connectivity index (χ2v) is 7.09. The summed E-state index contributed by atoms with van der Waals surface area (Å²) in [5, 5.41) is 18.1. The molecule has 0 radical (unpaired) electrons. The minimum absolute atomic E-state index is 0.0402. The summed E-state index contributed by atoms with van der Waals surface area (Å²) >= 11 is 0. The maximum atomic E-state index is 12.6. The Labute approximate surface area is 172 Å². The first-order valence-electron chi connectivity index (χ1n) is 9.48. The molecule has 9 heteroatoms. The standard InChI is InChI=1S/C21H20N6O3/c1-14(2)26-19-9-4-3-8-17(19)23-20(26)13-22-21(28)18-10-11-25(24-18)15-6-5-7-16(12-15)27(29)30/h3-12,14H,13H2,1-2H3,(H,22,28). The summed E-state index contributed by atoms with van der Waals surface area (Å²) in [6.45, 7) is 4.40. The molecule has 0 aliphatic rings. The Balaban J connectivity index is 1.52. The van der Waals surface area contributed by atoms with Crippen molar-refractivity contribution in [2.45, 2.75) is 26.4 Å². The van der Waals surface area contributed by atoms with Gasteiger partial charge in [-0.25, -0.2) is 9.67 Å². The van der Waals surface area contributed by atoms with Gasteiger partial charge >= 0.3 is 0 Å². The van der Waals surface area contributed by atoms with Gasteiger partial charge in [-0.1, -0.05) is 18.2 Å². The minimum atomic E-state index is -0.471. The average Bonchev–Trinajstić information content (AvgIpc) is 3.37. The first-order valence-corrected chi connectivity index (χ1v) is 9.48. The number of para-hydroxylation sites is 2. The molecule has 30 heavy (non-hydrogen) atoms. The molecule has 152 valence electrons. The van der Waals surface area contributed by atoms with Crippen molar-refractivity contribution in [3.63, 3.8) is 0 Å². The third-order valence-corrected chi connectivity index (χ3v) is 4.72. The zero-order chi connectivity index (χ0) is 21.3. The topological polar surface area (TPSA) is 108 Å². The Bertz CT molecular complexity index is 1240. The second-order valence-electron chi connectivity index (χ2n) is 7.09. The quantitative estimate of drug-likeness (QED) is 0.390. The van der Waals surface area contributed by atoms with Crippen LogP contribution in [0.15, 0.2) is 60.8 Å². The van der Waals surface area contributed by atoms with Crippen molar-refractivity contribution in [3.05, 3.63) is 82.4 Å². The van der Waals surface area contributed by atoms with Crippen LogP contribution in [0, 0.1) is 10.1 Å². The summed E-state index contributed by atoms with van der Waals surface area (Å²) < 4.78 is 3.53. The lowest BCUT2D eigenvalue weighted by Crippen LogP contribution is -2.25. The van der Waals surface area contributed by atoms with Crippen molar-refractivity contribution in [2.75, 3.05) is 0 Å². The number of non-ortho nitro benzene ring substituents is 1. The van der Waals surface area contributed by atoms with Gasteiger partial charge in [0, 0.05) is 24.4 Å². The molecule has 0 saturated carbocycles. The van der Waals surface area contributed by atoms with Crippen molar-refractivity contribution in [1.29, 1.82) is 0 Å². The van der Waals surface area contributed by atoms with E-state index in [0.29, 0.717) is 5.69 Å². The molecule has 0 bridgehead atoms. The zero-order valence-corrected chi connectivity index (χ0v) is 16.5. The van der Waals surface area contributed by atoms with E-state index in [1.165, 1.54) is 16.8 Å². The molecule has 4 rings (SSSR count). The monoisotopic (exact) mass is 404 g/mol. The van der Waals surface area contributed by atoms with Gasteiger partial charge in [0.1, 0.15) is 5.82 Å². The van der Waals surface area contributed by atoms with E-state index in [1.54, 1.807) is 24.4 Å². The van der Waals surface area contributed by atoms with E-state index in [0.717, 1.165) is 16.9 Å². The number of carbonyl (C=O) groups excluding carboxylic acids is 1. The SMILES string of the molecule is CC(C)n1c(CNC(=O)c2ccn(-c3cccc([N+](=O)[O-])c3)n2)nc2ccccc21. The number of carbonyl (C=O) groups is 1. The number of nitro benzene ring substituents is 1. The normalized spacial score (nSPS) is 11.2. The molecule has 0 fully saturated rings. The number of benzene rings is 2. The van der Waals surface area contributed by atoms with Gasteiger partial charge in [-0.3, -0.25) is 14.9 Å². The lowest BCUT2D eigenvalue weighted by molar-refractivity contribution is -0.384. The van der Waals surface area contributed by atoms with E-state index < -0.39 is 4.92 Å². The summed E-state index contributed by atoms with van der Waals surface area (Å²) in [4.78, 5) is 27.7. The van der Waals surface area contributed by atoms with Crippen molar-refractivity contribution in [1.82, 2.24) is 24.6 Å². The van der Waals surface area contributed by atoms with Crippen LogP contribution in [0.4, 0.5) is 5.69 Å². The van der Waals surface area contributed by atoms with Gasteiger partial charge in [-0.15, -0.1) is 0 Å². The number of fused-ring (bicyclic) bond motifs is 1. The van der Waals surface area contributed by atoms with Crippen LogP contribution in [0.5, 0.6) is 0 Å². The number of nitrogens with zero attached hydrogens (tertiary/aromatic N) is 5. The minimum Gasteiger partial charge on any atom is -0.343 e.